The van der Waals surface area contributed by atoms with Gasteiger partial charge in [0.15, 0.2) is 0 Å². The van der Waals surface area contributed by atoms with Crippen molar-refractivity contribution in [2.24, 2.45) is 0 Å². The number of pyridine rings is 1. The molecule has 10 heteroatoms. The molecule has 3 amide bonds. The molecule has 0 radical (unpaired) electrons. The minimum atomic E-state index is -1.06. The lowest BCUT2D eigenvalue weighted by Gasteiger charge is -2.36. The highest BCUT2D eigenvalue weighted by Gasteiger charge is 2.32. The number of benzene rings is 1. The van der Waals surface area contributed by atoms with E-state index in [-0.39, 0.29) is 49.7 Å². The van der Waals surface area contributed by atoms with Crippen molar-refractivity contribution in [3.05, 3.63) is 54.2 Å². The zero-order chi connectivity index (χ0) is 26.9. The highest BCUT2D eigenvalue weighted by atomic mass is 16.6. The molecule has 2 heterocycles. The van der Waals surface area contributed by atoms with Crippen molar-refractivity contribution in [1.82, 2.24) is 20.1 Å². The average Bonchev–Trinajstić information content (AvgIpc) is 2.96. The Morgan fingerprint density at radius 1 is 0.921 bits per heavy atom. The Morgan fingerprint density at radius 2 is 1.61 bits per heavy atom. The summed E-state index contributed by atoms with van der Waals surface area (Å²) < 4.78 is 5.64. The summed E-state index contributed by atoms with van der Waals surface area (Å²) in [5.74, 6) is -1.99. The van der Waals surface area contributed by atoms with Gasteiger partial charge in [0, 0.05) is 38.2 Å². The Hall–Kier alpha value is -3.95. The van der Waals surface area contributed by atoms with Crippen molar-refractivity contribution in [1.29, 1.82) is 0 Å². The SMILES string of the molecule is O=C(O)CC[C@H](NC(=O)c1cccc(-c2ccccc2)n1)C(=O)N1CCN(C(=O)OC2CCCCC2)CC1. The largest absolute Gasteiger partial charge is 0.481 e. The number of ether oxygens (including phenoxy) is 1. The van der Waals surface area contributed by atoms with E-state index in [1.165, 1.54) is 6.42 Å². The minimum Gasteiger partial charge on any atom is -0.481 e. The Kier molecular flexibility index (Phi) is 9.29. The van der Waals surface area contributed by atoms with Gasteiger partial charge in [0.2, 0.25) is 5.91 Å². The van der Waals surface area contributed by atoms with Crippen LogP contribution in [0, 0.1) is 0 Å². The van der Waals surface area contributed by atoms with Crippen LogP contribution in [0.2, 0.25) is 0 Å². The molecule has 2 aliphatic rings. The molecular formula is C28H34N4O6. The summed E-state index contributed by atoms with van der Waals surface area (Å²) in [4.78, 5) is 57.7. The van der Waals surface area contributed by atoms with Crippen LogP contribution in [0.5, 0.6) is 0 Å². The highest BCUT2D eigenvalue weighted by Crippen LogP contribution is 2.21. The van der Waals surface area contributed by atoms with Crippen molar-refractivity contribution in [2.45, 2.75) is 57.1 Å². The maximum Gasteiger partial charge on any atom is 0.410 e. The van der Waals surface area contributed by atoms with Gasteiger partial charge in [0.1, 0.15) is 17.8 Å². The number of carbonyl (C=O) groups is 4. The number of carboxylic acid groups (broad SMARTS) is 1. The number of aliphatic carboxylic acids is 1. The van der Waals surface area contributed by atoms with Crippen LogP contribution < -0.4 is 5.32 Å². The van der Waals surface area contributed by atoms with Crippen molar-refractivity contribution in [3.8, 4) is 11.3 Å². The smallest absolute Gasteiger partial charge is 0.410 e. The van der Waals surface area contributed by atoms with E-state index in [1.54, 1.807) is 28.0 Å². The quantitative estimate of drug-likeness (QED) is 0.544. The summed E-state index contributed by atoms with van der Waals surface area (Å²) in [6, 6.07) is 13.4. The third-order valence-corrected chi connectivity index (χ3v) is 6.97. The summed E-state index contributed by atoms with van der Waals surface area (Å²) in [6.07, 6.45) is 4.35. The minimum absolute atomic E-state index is 0.0412. The zero-order valence-corrected chi connectivity index (χ0v) is 21.4. The van der Waals surface area contributed by atoms with Gasteiger partial charge in [0.25, 0.3) is 5.91 Å². The van der Waals surface area contributed by atoms with Crippen LogP contribution in [0.25, 0.3) is 11.3 Å². The van der Waals surface area contributed by atoms with Gasteiger partial charge in [-0.05, 0) is 44.2 Å². The Balaban J connectivity index is 1.37. The van der Waals surface area contributed by atoms with Gasteiger partial charge in [-0.15, -0.1) is 0 Å². The normalized spacial score (nSPS) is 16.9. The highest BCUT2D eigenvalue weighted by molar-refractivity contribution is 5.96. The molecule has 4 rings (SSSR count). The number of piperazine rings is 1. The van der Waals surface area contributed by atoms with E-state index in [1.807, 2.05) is 30.3 Å². The van der Waals surface area contributed by atoms with Crippen molar-refractivity contribution in [2.75, 3.05) is 26.2 Å². The number of hydrogen-bond donors (Lipinski definition) is 2. The molecule has 0 bridgehead atoms. The molecule has 2 N–H and O–H groups in total. The number of carbonyl (C=O) groups excluding carboxylic acids is 3. The van der Waals surface area contributed by atoms with Crippen molar-refractivity contribution < 1.29 is 29.0 Å². The van der Waals surface area contributed by atoms with E-state index >= 15 is 0 Å². The lowest BCUT2D eigenvalue weighted by Crippen LogP contribution is -2.56. The van der Waals surface area contributed by atoms with Crippen LogP contribution in [-0.4, -0.2) is 82.1 Å². The van der Waals surface area contributed by atoms with E-state index in [9.17, 15) is 24.3 Å². The summed E-state index contributed by atoms with van der Waals surface area (Å²) in [5.41, 5.74) is 1.60. The fourth-order valence-corrected chi connectivity index (χ4v) is 4.82. The molecule has 0 unspecified atom stereocenters. The van der Waals surface area contributed by atoms with E-state index < -0.39 is 17.9 Å². The summed E-state index contributed by atoms with van der Waals surface area (Å²) in [5, 5.41) is 11.9. The van der Waals surface area contributed by atoms with Crippen LogP contribution in [0.15, 0.2) is 48.5 Å². The van der Waals surface area contributed by atoms with Crippen LogP contribution in [0.3, 0.4) is 0 Å². The maximum atomic E-state index is 13.3. The number of rotatable bonds is 8. The Bertz CT molecular complexity index is 1130. The first kappa shape index (κ1) is 27.1. The third-order valence-electron chi connectivity index (χ3n) is 6.97. The van der Waals surface area contributed by atoms with E-state index in [0.717, 1.165) is 31.2 Å². The summed E-state index contributed by atoms with van der Waals surface area (Å²) >= 11 is 0. The van der Waals surface area contributed by atoms with Gasteiger partial charge >= 0.3 is 12.1 Å². The van der Waals surface area contributed by atoms with Gasteiger partial charge in [-0.1, -0.05) is 42.8 Å². The molecule has 10 nitrogen and oxygen atoms in total. The number of carboxylic acids is 1. The first-order chi connectivity index (χ1) is 18.4. The van der Waals surface area contributed by atoms with Gasteiger partial charge in [0.05, 0.1) is 5.69 Å². The van der Waals surface area contributed by atoms with Crippen molar-refractivity contribution in [3.63, 3.8) is 0 Å². The fraction of sp³-hybridized carbons (Fsp3) is 0.464. The second kappa shape index (κ2) is 13.0. The van der Waals surface area contributed by atoms with Crippen LogP contribution in [0.1, 0.15) is 55.4 Å². The zero-order valence-electron chi connectivity index (χ0n) is 21.4. The molecule has 0 spiro atoms. The van der Waals surface area contributed by atoms with E-state index in [4.69, 9.17) is 4.74 Å². The summed E-state index contributed by atoms with van der Waals surface area (Å²) in [6.45, 7) is 1.19. The van der Waals surface area contributed by atoms with Gasteiger partial charge in [-0.3, -0.25) is 14.4 Å². The monoisotopic (exact) mass is 522 g/mol. The number of nitrogens with one attached hydrogen (secondary N) is 1. The van der Waals surface area contributed by atoms with Crippen molar-refractivity contribution >= 4 is 23.9 Å². The molecule has 1 saturated heterocycles. The molecule has 1 atom stereocenters. The first-order valence-corrected chi connectivity index (χ1v) is 13.2. The number of nitrogens with zero attached hydrogens (tertiary/aromatic N) is 3. The Labute approximate surface area is 222 Å². The topological polar surface area (TPSA) is 129 Å². The first-order valence-electron chi connectivity index (χ1n) is 13.2. The number of amides is 3. The van der Waals surface area contributed by atoms with Gasteiger partial charge in [-0.2, -0.15) is 0 Å². The molecule has 1 aliphatic heterocycles. The molecule has 2 aromatic rings. The molecule has 1 aromatic heterocycles. The van der Waals surface area contributed by atoms with Crippen LogP contribution in [-0.2, 0) is 14.3 Å². The predicted octanol–water partition coefficient (Wildman–Crippen LogP) is 3.33. The molecule has 1 saturated carbocycles. The fourth-order valence-electron chi connectivity index (χ4n) is 4.82. The molecule has 38 heavy (non-hydrogen) atoms. The standard InChI is InChI=1S/C28H34N4O6/c33-25(34)15-14-24(30-26(35)23-13-7-12-22(29-23)20-8-3-1-4-9-20)27(36)31-16-18-32(19-17-31)28(37)38-21-10-5-2-6-11-21/h1,3-4,7-9,12-13,21,24H,2,5-6,10-11,14-19H2,(H,30,35)(H,33,34)/t24-/m0/s1. The molecule has 1 aromatic carbocycles. The second-order valence-electron chi connectivity index (χ2n) is 9.69. The van der Waals surface area contributed by atoms with Gasteiger partial charge < -0.3 is 25.0 Å². The van der Waals surface area contributed by atoms with Crippen LogP contribution >= 0.6 is 0 Å². The van der Waals surface area contributed by atoms with E-state index in [2.05, 4.69) is 10.3 Å². The molecular weight excluding hydrogens is 488 g/mol. The number of aromatic nitrogens is 1. The second-order valence-corrected chi connectivity index (χ2v) is 9.69. The lowest BCUT2D eigenvalue weighted by molar-refractivity contribution is -0.138. The molecule has 1 aliphatic carbocycles. The maximum absolute atomic E-state index is 13.3. The third kappa shape index (κ3) is 7.30. The van der Waals surface area contributed by atoms with Gasteiger partial charge in [-0.25, -0.2) is 9.78 Å². The lowest BCUT2D eigenvalue weighted by atomic mass is 9.98. The number of hydrogen-bond acceptors (Lipinski definition) is 6. The van der Waals surface area contributed by atoms with E-state index in [0.29, 0.717) is 18.8 Å². The molecule has 202 valence electrons. The molecule has 2 fully saturated rings. The Morgan fingerprint density at radius 3 is 2.29 bits per heavy atom. The summed E-state index contributed by atoms with van der Waals surface area (Å²) in [7, 11) is 0. The average molecular weight is 523 g/mol. The predicted molar refractivity (Wildman–Crippen MR) is 139 cm³/mol. The van der Waals surface area contributed by atoms with Crippen LogP contribution in [0.4, 0.5) is 4.79 Å².